The topological polar surface area (TPSA) is 66.5 Å². The van der Waals surface area contributed by atoms with Crippen molar-refractivity contribution >= 4 is 5.71 Å². The van der Waals surface area contributed by atoms with Crippen molar-refractivity contribution < 1.29 is 5.11 Å². The van der Waals surface area contributed by atoms with Crippen LogP contribution in [-0.2, 0) is 0 Å². The molecule has 1 aliphatic rings. The summed E-state index contributed by atoms with van der Waals surface area (Å²) >= 11 is 0. The summed E-state index contributed by atoms with van der Waals surface area (Å²) in [4.78, 5) is 7.22. The predicted octanol–water partition coefficient (Wildman–Crippen LogP) is 4.58. The van der Waals surface area contributed by atoms with E-state index in [0.29, 0.717) is 0 Å². The number of phenolic OH excluding ortho intramolecular Hbond substituents is 1. The summed E-state index contributed by atoms with van der Waals surface area (Å²) in [6.07, 6.45) is 0. The Bertz CT molecular complexity index is 1290. The van der Waals surface area contributed by atoms with E-state index in [4.69, 9.17) is 10.1 Å². The van der Waals surface area contributed by atoms with Crippen molar-refractivity contribution in [1.82, 2.24) is 19.7 Å². The molecule has 33 heavy (non-hydrogen) atoms. The molecule has 6 heteroatoms. The van der Waals surface area contributed by atoms with Crippen LogP contribution >= 0.6 is 0 Å². The number of hydrogen-bond donors (Lipinski definition) is 1. The maximum atomic E-state index is 10.4. The summed E-state index contributed by atoms with van der Waals surface area (Å²) in [6.45, 7) is 2.83. The summed E-state index contributed by atoms with van der Waals surface area (Å²) in [7, 11) is 4.14. The molecule has 6 nitrogen and oxygen atoms in total. The van der Waals surface area contributed by atoms with Crippen LogP contribution in [0, 0.1) is 0 Å². The molecule has 1 aromatic heterocycles. The van der Waals surface area contributed by atoms with E-state index >= 15 is 0 Å². The van der Waals surface area contributed by atoms with E-state index in [9.17, 15) is 5.11 Å². The highest BCUT2D eigenvalue weighted by molar-refractivity contribution is 6.15. The maximum absolute atomic E-state index is 10.4. The van der Waals surface area contributed by atoms with Gasteiger partial charge >= 0.3 is 0 Å². The molecule has 5 rings (SSSR count). The monoisotopic (exact) mass is 437 g/mol. The minimum Gasteiger partial charge on any atom is -0.508 e. The molecule has 0 radical (unpaired) electrons. The normalized spacial score (nSPS) is 16.0. The molecule has 4 aromatic rings. The number of aromatic nitrogens is 3. The standard InChI is InChI=1S/C27H27N5O/c1-18-26-29-30-27(23(17-31(2)3)19-10-6-4-7-11-19)32(26)24-15-14-21(33)16-22(24)25(28-18)20-12-8-5-9-13-20/h4-16,18,23,33H,17H2,1-3H3. The predicted molar refractivity (Wildman–Crippen MR) is 130 cm³/mol. The number of aromatic hydroxyl groups is 1. The van der Waals surface area contributed by atoms with Gasteiger partial charge in [-0.1, -0.05) is 60.7 Å². The van der Waals surface area contributed by atoms with Crippen LogP contribution in [0.5, 0.6) is 5.75 Å². The Morgan fingerprint density at radius 2 is 1.64 bits per heavy atom. The van der Waals surface area contributed by atoms with Crippen LogP contribution in [-0.4, -0.2) is 51.1 Å². The molecular formula is C27H27N5O. The lowest BCUT2D eigenvalue weighted by Gasteiger charge is -2.23. The van der Waals surface area contributed by atoms with E-state index in [1.54, 1.807) is 12.1 Å². The molecule has 1 N–H and O–H groups in total. The summed E-state index contributed by atoms with van der Waals surface area (Å²) in [5, 5.41) is 19.7. The largest absolute Gasteiger partial charge is 0.508 e. The third kappa shape index (κ3) is 3.94. The molecule has 2 heterocycles. The van der Waals surface area contributed by atoms with E-state index < -0.39 is 0 Å². The van der Waals surface area contributed by atoms with Gasteiger partial charge in [-0.05, 0) is 44.8 Å². The van der Waals surface area contributed by atoms with Gasteiger partial charge in [-0.3, -0.25) is 9.56 Å². The minimum absolute atomic E-state index is 0.0228. The molecule has 3 aromatic carbocycles. The first-order valence-electron chi connectivity index (χ1n) is 11.1. The van der Waals surface area contributed by atoms with Gasteiger partial charge in [0, 0.05) is 17.7 Å². The van der Waals surface area contributed by atoms with Crippen LogP contribution in [0.1, 0.15) is 47.2 Å². The SMILES string of the molecule is CC1N=C(c2ccccc2)c2cc(O)ccc2-n2c1nnc2C(CN(C)C)c1ccccc1. The highest BCUT2D eigenvalue weighted by Crippen LogP contribution is 2.35. The highest BCUT2D eigenvalue weighted by Gasteiger charge is 2.31. The number of benzene rings is 3. The van der Waals surface area contributed by atoms with Crippen LogP contribution < -0.4 is 0 Å². The quantitative estimate of drug-likeness (QED) is 0.496. The molecule has 0 amide bonds. The number of phenols is 1. The number of likely N-dealkylation sites (N-methyl/N-ethyl adjacent to an activating group) is 1. The zero-order valence-corrected chi connectivity index (χ0v) is 19.1. The molecule has 0 saturated heterocycles. The number of aliphatic imine (C=N–C) groups is 1. The van der Waals surface area contributed by atoms with Gasteiger partial charge in [-0.2, -0.15) is 0 Å². The molecule has 0 fully saturated rings. The van der Waals surface area contributed by atoms with Gasteiger partial charge < -0.3 is 10.0 Å². The highest BCUT2D eigenvalue weighted by atomic mass is 16.3. The van der Waals surface area contributed by atoms with Gasteiger partial charge in [0.05, 0.1) is 17.3 Å². The Labute approximate surface area is 193 Å². The van der Waals surface area contributed by atoms with Gasteiger partial charge in [0.25, 0.3) is 0 Å². The lowest BCUT2D eigenvalue weighted by atomic mass is 9.96. The molecule has 2 unspecified atom stereocenters. The van der Waals surface area contributed by atoms with Crippen LogP contribution in [0.3, 0.4) is 0 Å². The first kappa shape index (κ1) is 21.1. The summed E-state index contributed by atoms with van der Waals surface area (Å²) in [5.74, 6) is 1.89. The molecule has 166 valence electrons. The van der Waals surface area contributed by atoms with E-state index in [1.807, 2.05) is 49.4 Å². The zero-order chi connectivity index (χ0) is 22.9. The van der Waals surface area contributed by atoms with Crippen LogP contribution in [0.15, 0.2) is 83.9 Å². The summed E-state index contributed by atoms with van der Waals surface area (Å²) < 4.78 is 2.14. The van der Waals surface area contributed by atoms with Crippen LogP contribution in [0.2, 0.25) is 0 Å². The van der Waals surface area contributed by atoms with Gasteiger partial charge in [0.2, 0.25) is 0 Å². The van der Waals surface area contributed by atoms with E-state index in [1.165, 1.54) is 5.56 Å². The number of hydrogen-bond acceptors (Lipinski definition) is 5. The third-order valence-electron chi connectivity index (χ3n) is 5.99. The fraction of sp³-hybridized carbons (Fsp3) is 0.222. The van der Waals surface area contributed by atoms with Crippen molar-refractivity contribution in [3.8, 4) is 11.4 Å². The maximum Gasteiger partial charge on any atom is 0.162 e. The van der Waals surface area contributed by atoms with Gasteiger partial charge in [-0.25, -0.2) is 0 Å². The number of rotatable bonds is 5. The van der Waals surface area contributed by atoms with Gasteiger partial charge in [0.15, 0.2) is 5.82 Å². The average molecular weight is 438 g/mol. The number of fused-ring (bicyclic) bond motifs is 3. The Kier molecular flexibility index (Phi) is 5.52. The number of nitrogens with zero attached hydrogens (tertiary/aromatic N) is 5. The van der Waals surface area contributed by atoms with Crippen molar-refractivity contribution in [1.29, 1.82) is 0 Å². The van der Waals surface area contributed by atoms with E-state index in [-0.39, 0.29) is 17.7 Å². The fourth-order valence-corrected chi connectivity index (χ4v) is 4.49. The first-order chi connectivity index (χ1) is 16.0. The second-order valence-electron chi connectivity index (χ2n) is 8.70. The molecule has 1 aliphatic heterocycles. The Morgan fingerprint density at radius 3 is 2.33 bits per heavy atom. The smallest absolute Gasteiger partial charge is 0.162 e. The Morgan fingerprint density at radius 1 is 0.939 bits per heavy atom. The summed E-state index contributed by atoms with van der Waals surface area (Å²) in [5.41, 5.74) is 4.82. The zero-order valence-electron chi connectivity index (χ0n) is 19.1. The fourth-order valence-electron chi connectivity index (χ4n) is 4.49. The lowest BCUT2D eigenvalue weighted by Crippen LogP contribution is -2.24. The van der Waals surface area contributed by atoms with Crippen molar-refractivity contribution in [2.75, 3.05) is 20.6 Å². The third-order valence-corrected chi connectivity index (χ3v) is 5.99. The Hall–Kier alpha value is -3.77. The van der Waals surface area contributed by atoms with Crippen molar-refractivity contribution in [3.63, 3.8) is 0 Å². The van der Waals surface area contributed by atoms with Gasteiger partial charge in [-0.15, -0.1) is 10.2 Å². The second kappa shape index (κ2) is 8.64. The first-order valence-corrected chi connectivity index (χ1v) is 11.1. The van der Waals surface area contributed by atoms with Crippen LogP contribution in [0.25, 0.3) is 5.69 Å². The van der Waals surface area contributed by atoms with Crippen molar-refractivity contribution in [2.24, 2.45) is 4.99 Å². The summed E-state index contributed by atoms with van der Waals surface area (Å²) in [6, 6.07) is 25.8. The second-order valence-corrected chi connectivity index (χ2v) is 8.70. The van der Waals surface area contributed by atoms with Gasteiger partial charge in [0.1, 0.15) is 17.6 Å². The van der Waals surface area contributed by atoms with E-state index in [0.717, 1.165) is 40.7 Å². The van der Waals surface area contributed by atoms with Crippen molar-refractivity contribution in [2.45, 2.75) is 18.9 Å². The molecule has 0 saturated carbocycles. The molecule has 0 aliphatic carbocycles. The molecular weight excluding hydrogens is 410 g/mol. The average Bonchev–Trinajstić information content (AvgIpc) is 3.22. The molecule has 2 atom stereocenters. The van der Waals surface area contributed by atoms with E-state index in [2.05, 4.69) is 52.9 Å². The molecule has 0 spiro atoms. The Balaban J connectivity index is 1.75. The van der Waals surface area contributed by atoms with Crippen molar-refractivity contribution in [3.05, 3.63) is 107 Å². The minimum atomic E-state index is -0.202. The van der Waals surface area contributed by atoms with Crippen LogP contribution in [0.4, 0.5) is 0 Å². The lowest BCUT2D eigenvalue weighted by molar-refractivity contribution is 0.384. The molecule has 0 bridgehead atoms.